The van der Waals surface area contributed by atoms with E-state index >= 15 is 0 Å². The summed E-state index contributed by atoms with van der Waals surface area (Å²) in [6, 6.07) is -1.24. The van der Waals surface area contributed by atoms with Crippen molar-refractivity contribution in [2.45, 2.75) is 11.8 Å². The molecule has 0 aliphatic heterocycles. The predicted octanol–water partition coefficient (Wildman–Crippen LogP) is -2.09. The van der Waals surface area contributed by atoms with Crippen LogP contribution in [-0.4, -0.2) is 38.8 Å². The van der Waals surface area contributed by atoms with Crippen LogP contribution in [0.15, 0.2) is 12.0 Å². The van der Waals surface area contributed by atoms with Crippen LogP contribution in [0.4, 0.5) is 0 Å². The van der Waals surface area contributed by atoms with Crippen molar-refractivity contribution in [3.63, 3.8) is 0 Å². The molecule has 0 rings (SSSR count). The average molecular weight is 164 g/mol. The van der Waals surface area contributed by atoms with Crippen LogP contribution in [0.5, 0.6) is 0 Å². The molecule has 0 aromatic heterocycles. The van der Waals surface area contributed by atoms with Gasteiger partial charge in [0.05, 0.1) is 6.04 Å². The molecule has 0 aromatic rings. The molecule has 0 fully saturated rings. The first kappa shape index (κ1) is 10.2. The summed E-state index contributed by atoms with van der Waals surface area (Å²) in [6.07, 6.45) is 0.148. The fraction of sp³-hybridized carbons (Fsp3) is 0.600. The van der Waals surface area contributed by atoms with Gasteiger partial charge >= 0.3 is 0 Å². The maximum absolute atomic E-state index is 8.92. The topological polar surface area (TPSA) is 133 Å². The second kappa shape index (κ2) is 3.54. The largest absolute Gasteiger partial charge is 0.512 e. The average Bonchev–Trinajstić information content (AvgIpc) is 2.01. The Bertz CT molecular complexity index is 157. The van der Waals surface area contributed by atoms with Crippen molar-refractivity contribution >= 4 is 0 Å². The van der Waals surface area contributed by atoms with E-state index < -0.39 is 17.6 Å². The van der Waals surface area contributed by atoms with E-state index in [4.69, 9.17) is 31.9 Å². The number of rotatable bonds is 3. The van der Waals surface area contributed by atoms with Crippen molar-refractivity contribution in [2.24, 2.45) is 11.5 Å². The number of aliphatic hydroxyl groups excluding tert-OH is 2. The Morgan fingerprint density at radius 1 is 1.55 bits per heavy atom. The zero-order valence-corrected chi connectivity index (χ0v) is 5.81. The monoisotopic (exact) mass is 164 g/mol. The highest BCUT2D eigenvalue weighted by atomic mass is 16.5. The van der Waals surface area contributed by atoms with Gasteiger partial charge in [0.1, 0.15) is 6.26 Å². The summed E-state index contributed by atoms with van der Waals surface area (Å²) >= 11 is 0. The third-order valence-electron chi connectivity index (χ3n) is 1.27. The molecule has 6 heteroatoms. The first-order valence-corrected chi connectivity index (χ1v) is 2.91. The Balaban J connectivity index is 4.44. The summed E-state index contributed by atoms with van der Waals surface area (Å²) in [5.41, 5.74) is 10.1. The molecule has 0 bridgehead atoms. The SMILES string of the molecule is NCC(N)C(O)(O)C(O)=CO. The second-order valence-electron chi connectivity index (χ2n) is 2.08. The molecule has 0 spiro atoms. The number of aliphatic hydroxyl groups is 4. The Labute approximate surface area is 63.4 Å². The zero-order chi connectivity index (χ0) is 9.07. The van der Waals surface area contributed by atoms with E-state index in [0.29, 0.717) is 0 Å². The van der Waals surface area contributed by atoms with Crippen molar-refractivity contribution < 1.29 is 20.4 Å². The molecule has 0 saturated carbocycles. The van der Waals surface area contributed by atoms with Crippen LogP contribution < -0.4 is 11.5 Å². The van der Waals surface area contributed by atoms with E-state index in [1.807, 2.05) is 0 Å². The summed E-state index contributed by atoms with van der Waals surface area (Å²) in [4.78, 5) is 0. The highest BCUT2D eigenvalue weighted by Gasteiger charge is 2.35. The van der Waals surface area contributed by atoms with E-state index in [1.54, 1.807) is 0 Å². The van der Waals surface area contributed by atoms with Gasteiger partial charge in [0, 0.05) is 6.54 Å². The summed E-state index contributed by atoms with van der Waals surface area (Å²) in [7, 11) is 0. The van der Waals surface area contributed by atoms with Crippen LogP contribution in [0.3, 0.4) is 0 Å². The minimum atomic E-state index is -2.66. The van der Waals surface area contributed by atoms with Crippen LogP contribution in [0.1, 0.15) is 0 Å². The molecule has 6 nitrogen and oxygen atoms in total. The van der Waals surface area contributed by atoms with Crippen molar-refractivity contribution in [1.82, 2.24) is 0 Å². The standard InChI is InChI=1S/C5H12N2O4/c6-1-3(7)5(10,11)4(9)2-8/h2-3,8-11H,1,6-7H2. The zero-order valence-electron chi connectivity index (χ0n) is 5.81. The molecule has 0 aliphatic carbocycles. The normalized spacial score (nSPS) is 16.5. The number of hydrogen-bond acceptors (Lipinski definition) is 6. The Morgan fingerprint density at radius 3 is 2.27 bits per heavy atom. The molecule has 0 aromatic carbocycles. The highest BCUT2D eigenvalue weighted by Crippen LogP contribution is 2.12. The lowest BCUT2D eigenvalue weighted by molar-refractivity contribution is -0.166. The van der Waals surface area contributed by atoms with Crippen LogP contribution in [0.2, 0.25) is 0 Å². The third kappa shape index (κ3) is 2.05. The molecule has 0 saturated heterocycles. The fourth-order valence-corrected chi connectivity index (χ4v) is 0.449. The molecule has 0 heterocycles. The summed E-state index contributed by atoms with van der Waals surface area (Å²) in [5, 5.41) is 34.7. The Morgan fingerprint density at radius 2 is 2.00 bits per heavy atom. The number of nitrogens with two attached hydrogens (primary N) is 2. The third-order valence-corrected chi connectivity index (χ3v) is 1.27. The molecular weight excluding hydrogens is 152 g/mol. The minimum absolute atomic E-state index is 0.148. The van der Waals surface area contributed by atoms with Gasteiger partial charge < -0.3 is 31.9 Å². The highest BCUT2D eigenvalue weighted by molar-refractivity contribution is 5.04. The van der Waals surface area contributed by atoms with Crippen molar-refractivity contribution in [3.05, 3.63) is 12.0 Å². The summed E-state index contributed by atoms with van der Waals surface area (Å²) in [6.45, 7) is -0.231. The van der Waals surface area contributed by atoms with Gasteiger partial charge in [-0.3, -0.25) is 0 Å². The number of hydrogen-bond donors (Lipinski definition) is 6. The van der Waals surface area contributed by atoms with Crippen molar-refractivity contribution in [3.8, 4) is 0 Å². The van der Waals surface area contributed by atoms with Crippen LogP contribution in [0, 0.1) is 0 Å². The lowest BCUT2D eigenvalue weighted by Crippen LogP contribution is -2.53. The molecular formula is C5H12N2O4. The lowest BCUT2D eigenvalue weighted by atomic mass is 10.1. The maximum Gasteiger partial charge on any atom is 0.242 e. The predicted molar refractivity (Wildman–Crippen MR) is 37.5 cm³/mol. The van der Waals surface area contributed by atoms with Gasteiger partial charge in [0.15, 0.2) is 5.76 Å². The fourth-order valence-electron chi connectivity index (χ4n) is 0.449. The van der Waals surface area contributed by atoms with Crippen LogP contribution in [0.25, 0.3) is 0 Å². The van der Waals surface area contributed by atoms with Crippen molar-refractivity contribution in [1.29, 1.82) is 0 Å². The molecule has 0 radical (unpaired) electrons. The van der Waals surface area contributed by atoms with E-state index in [2.05, 4.69) is 0 Å². The molecule has 1 atom stereocenters. The van der Waals surface area contributed by atoms with Crippen LogP contribution >= 0.6 is 0 Å². The van der Waals surface area contributed by atoms with Gasteiger partial charge in [-0.15, -0.1) is 0 Å². The van der Waals surface area contributed by atoms with Gasteiger partial charge in [-0.25, -0.2) is 0 Å². The van der Waals surface area contributed by atoms with E-state index in [9.17, 15) is 0 Å². The molecule has 0 aliphatic rings. The van der Waals surface area contributed by atoms with Gasteiger partial charge in [-0.05, 0) is 0 Å². The van der Waals surface area contributed by atoms with E-state index in [-0.39, 0.29) is 12.8 Å². The maximum atomic E-state index is 8.92. The summed E-state index contributed by atoms with van der Waals surface area (Å²) in [5.74, 6) is -3.70. The molecule has 11 heavy (non-hydrogen) atoms. The Hall–Kier alpha value is -0.820. The van der Waals surface area contributed by atoms with E-state index in [1.165, 1.54) is 0 Å². The quantitative estimate of drug-likeness (QED) is 0.209. The van der Waals surface area contributed by atoms with Gasteiger partial charge in [0.25, 0.3) is 0 Å². The molecule has 8 N–H and O–H groups in total. The minimum Gasteiger partial charge on any atom is -0.512 e. The van der Waals surface area contributed by atoms with E-state index in [0.717, 1.165) is 0 Å². The molecule has 66 valence electrons. The lowest BCUT2D eigenvalue weighted by Gasteiger charge is -2.25. The van der Waals surface area contributed by atoms with Crippen molar-refractivity contribution in [2.75, 3.05) is 6.54 Å². The van der Waals surface area contributed by atoms with Gasteiger partial charge in [-0.1, -0.05) is 0 Å². The van der Waals surface area contributed by atoms with Crippen LogP contribution in [-0.2, 0) is 0 Å². The molecule has 1 unspecified atom stereocenters. The smallest absolute Gasteiger partial charge is 0.242 e. The Kier molecular flexibility index (Phi) is 3.27. The van der Waals surface area contributed by atoms with Gasteiger partial charge in [-0.2, -0.15) is 0 Å². The first-order chi connectivity index (χ1) is 4.96. The molecule has 0 amide bonds. The van der Waals surface area contributed by atoms with Gasteiger partial charge in [0.2, 0.25) is 5.79 Å². The summed E-state index contributed by atoms with van der Waals surface area (Å²) < 4.78 is 0. The first-order valence-electron chi connectivity index (χ1n) is 2.91. The second-order valence-corrected chi connectivity index (χ2v) is 2.08.